The van der Waals surface area contributed by atoms with E-state index in [0.29, 0.717) is 17.9 Å². The molecule has 0 aliphatic heterocycles. The standard InChI is InChI=1S/C20H18O2/c21-19-16-9-5-4-8-15(16)18-12-14(10-11-17(18)20(19)22)13-6-2-1-3-7-13/h1-3,5-6,9-10,12-13,17H,4,7-8,11H2. The Morgan fingerprint density at radius 1 is 1.05 bits per heavy atom. The highest BCUT2D eigenvalue weighted by molar-refractivity contribution is 6.47. The van der Waals surface area contributed by atoms with Crippen molar-refractivity contribution in [1.82, 2.24) is 0 Å². The summed E-state index contributed by atoms with van der Waals surface area (Å²) in [6.45, 7) is 0. The molecule has 0 aromatic heterocycles. The molecule has 22 heavy (non-hydrogen) atoms. The van der Waals surface area contributed by atoms with E-state index in [1.54, 1.807) is 0 Å². The average molecular weight is 290 g/mol. The van der Waals surface area contributed by atoms with E-state index in [-0.39, 0.29) is 17.5 Å². The van der Waals surface area contributed by atoms with Gasteiger partial charge in [0.15, 0.2) is 0 Å². The number of Topliss-reactive ketones (excluding diaryl/α,β-unsaturated/α-hetero) is 2. The van der Waals surface area contributed by atoms with Crippen LogP contribution in [0.1, 0.15) is 25.7 Å². The number of carbonyl (C=O) groups is 2. The monoisotopic (exact) mass is 290 g/mol. The lowest BCUT2D eigenvalue weighted by Crippen LogP contribution is -2.34. The predicted octanol–water partition coefficient (Wildman–Crippen LogP) is 3.79. The summed E-state index contributed by atoms with van der Waals surface area (Å²) in [5, 5.41) is 0. The van der Waals surface area contributed by atoms with Gasteiger partial charge in [0.05, 0.1) is 5.92 Å². The molecule has 0 saturated heterocycles. The average Bonchev–Trinajstić information content (AvgIpc) is 2.60. The number of fused-ring (bicyclic) bond motifs is 2. The van der Waals surface area contributed by atoms with Crippen molar-refractivity contribution in [2.75, 3.05) is 0 Å². The molecule has 0 spiro atoms. The molecular weight excluding hydrogens is 272 g/mol. The Bertz CT molecular complexity index is 738. The second kappa shape index (κ2) is 5.20. The highest BCUT2D eigenvalue weighted by Crippen LogP contribution is 2.42. The van der Waals surface area contributed by atoms with Crippen LogP contribution in [0.3, 0.4) is 0 Å². The molecule has 4 aliphatic rings. The van der Waals surface area contributed by atoms with Gasteiger partial charge >= 0.3 is 0 Å². The van der Waals surface area contributed by atoms with Gasteiger partial charge in [-0.05, 0) is 42.4 Å². The van der Waals surface area contributed by atoms with Gasteiger partial charge in [0, 0.05) is 11.5 Å². The van der Waals surface area contributed by atoms with E-state index in [0.717, 1.165) is 30.4 Å². The van der Waals surface area contributed by atoms with E-state index in [2.05, 4.69) is 36.5 Å². The summed E-state index contributed by atoms with van der Waals surface area (Å²) < 4.78 is 0. The van der Waals surface area contributed by atoms with Crippen molar-refractivity contribution >= 4 is 11.6 Å². The SMILES string of the molecule is O=C1C(=O)C2CC=C(C3C=CC=CC3)C=C2C2=C1C=CCC2. The Kier molecular flexibility index (Phi) is 3.18. The van der Waals surface area contributed by atoms with E-state index >= 15 is 0 Å². The Hall–Kier alpha value is -2.22. The van der Waals surface area contributed by atoms with Crippen LogP contribution in [0, 0.1) is 11.8 Å². The van der Waals surface area contributed by atoms with Crippen LogP contribution in [0.15, 0.2) is 70.9 Å². The second-order valence-electron chi connectivity index (χ2n) is 6.27. The van der Waals surface area contributed by atoms with Crippen molar-refractivity contribution in [3.8, 4) is 0 Å². The summed E-state index contributed by atoms with van der Waals surface area (Å²) in [5.41, 5.74) is 4.14. The molecule has 0 aromatic rings. The fourth-order valence-corrected chi connectivity index (χ4v) is 3.82. The molecule has 110 valence electrons. The minimum absolute atomic E-state index is 0.231. The Morgan fingerprint density at radius 3 is 2.77 bits per heavy atom. The molecule has 0 radical (unpaired) electrons. The van der Waals surface area contributed by atoms with Crippen LogP contribution in [0.2, 0.25) is 0 Å². The molecule has 2 atom stereocenters. The zero-order valence-electron chi connectivity index (χ0n) is 12.4. The van der Waals surface area contributed by atoms with Gasteiger partial charge in [-0.2, -0.15) is 0 Å². The Labute approximate surface area is 130 Å². The maximum absolute atomic E-state index is 12.4. The summed E-state index contributed by atoms with van der Waals surface area (Å²) >= 11 is 0. The van der Waals surface area contributed by atoms with Gasteiger partial charge in [-0.15, -0.1) is 0 Å². The first-order valence-corrected chi connectivity index (χ1v) is 7.99. The molecule has 0 saturated carbocycles. The first-order chi connectivity index (χ1) is 10.8. The number of hydrogen-bond acceptors (Lipinski definition) is 2. The molecule has 4 aliphatic carbocycles. The Morgan fingerprint density at radius 2 is 1.95 bits per heavy atom. The topological polar surface area (TPSA) is 34.1 Å². The molecule has 2 heteroatoms. The summed E-state index contributed by atoms with van der Waals surface area (Å²) in [6, 6.07) is 0. The van der Waals surface area contributed by atoms with Crippen LogP contribution in [0.5, 0.6) is 0 Å². The maximum Gasteiger partial charge on any atom is 0.229 e. The zero-order valence-corrected chi connectivity index (χ0v) is 12.4. The minimum Gasteiger partial charge on any atom is -0.290 e. The van der Waals surface area contributed by atoms with Crippen LogP contribution in [-0.2, 0) is 9.59 Å². The highest BCUT2D eigenvalue weighted by atomic mass is 16.2. The number of ketones is 2. The van der Waals surface area contributed by atoms with Crippen LogP contribution in [-0.4, -0.2) is 11.6 Å². The van der Waals surface area contributed by atoms with Crippen molar-refractivity contribution in [2.45, 2.75) is 25.7 Å². The molecule has 0 fully saturated rings. The summed E-state index contributed by atoms with van der Waals surface area (Å²) in [7, 11) is 0. The third kappa shape index (κ3) is 2.02. The first-order valence-electron chi connectivity index (χ1n) is 7.99. The van der Waals surface area contributed by atoms with Crippen LogP contribution >= 0.6 is 0 Å². The van der Waals surface area contributed by atoms with Gasteiger partial charge in [-0.25, -0.2) is 0 Å². The summed E-state index contributed by atoms with van der Waals surface area (Å²) in [6.07, 6.45) is 20.2. The van der Waals surface area contributed by atoms with Gasteiger partial charge < -0.3 is 0 Å². The molecule has 4 rings (SSSR count). The largest absolute Gasteiger partial charge is 0.290 e. The molecule has 2 nitrogen and oxygen atoms in total. The highest BCUT2D eigenvalue weighted by Gasteiger charge is 2.39. The van der Waals surface area contributed by atoms with Crippen LogP contribution in [0.25, 0.3) is 0 Å². The van der Waals surface area contributed by atoms with Gasteiger partial charge in [0.2, 0.25) is 11.6 Å². The fourth-order valence-electron chi connectivity index (χ4n) is 3.82. The van der Waals surface area contributed by atoms with Crippen molar-refractivity contribution in [3.63, 3.8) is 0 Å². The smallest absolute Gasteiger partial charge is 0.229 e. The van der Waals surface area contributed by atoms with Crippen molar-refractivity contribution in [2.24, 2.45) is 11.8 Å². The molecule has 0 bridgehead atoms. The van der Waals surface area contributed by atoms with E-state index in [1.165, 1.54) is 5.57 Å². The molecular formula is C20H18O2. The second-order valence-corrected chi connectivity index (χ2v) is 6.27. The zero-order chi connectivity index (χ0) is 15.1. The lowest BCUT2D eigenvalue weighted by atomic mass is 9.70. The summed E-state index contributed by atoms with van der Waals surface area (Å²) in [5.74, 6) is -0.365. The van der Waals surface area contributed by atoms with E-state index in [9.17, 15) is 9.59 Å². The first kappa shape index (κ1) is 13.4. The molecule has 0 aromatic carbocycles. The third-order valence-corrected chi connectivity index (χ3v) is 5.00. The maximum atomic E-state index is 12.4. The van der Waals surface area contributed by atoms with Crippen molar-refractivity contribution < 1.29 is 9.59 Å². The van der Waals surface area contributed by atoms with Gasteiger partial charge in [0.1, 0.15) is 0 Å². The lowest BCUT2D eigenvalue weighted by Gasteiger charge is -2.32. The van der Waals surface area contributed by atoms with Crippen LogP contribution in [0.4, 0.5) is 0 Å². The lowest BCUT2D eigenvalue weighted by molar-refractivity contribution is -0.136. The number of allylic oxidation sites excluding steroid dienone is 12. The van der Waals surface area contributed by atoms with Gasteiger partial charge in [-0.3, -0.25) is 9.59 Å². The molecule has 0 heterocycles. The summed E-state index contributed by atoms with van der Waals surface area (Å²) in [4.78, 5) is 24.7. The quantitative estimate of drug-likeness (QED) is 0.689. The normalized spacial score (nSPS) is 30.0. The molecule has 2 unspecified atom stereocenters. The number of carbonyl (C=O) groups excluding carboxylic acids is 2. The molecule has 0 N–H and O–H groups in total. The minimum atomic E-state index is -0.287. The predicted molar refractivity (Wildman–Crippen MR) is 86.1 cm³/mol. The van der Waals surface area contributed by atoms with Crippen LogP contribution < -0.4 is 0 Å². The van der Waals surface area contributed by atoms with Gasteiger partial charge in [-0.1, -0.05) is 48.6 Å². The van der Waals surface area contributed by atoms with Crippen molar-refractivity contribution in [1.29, 1.82) is 0 Å². The third-order valence-electron chi connectivity index (χ3n) is 5.00. The number of hydrogen-bond donors (Lipinski definition) is 0. The van der Waals surface area contributed by atoms with Gasteiger partial charge in [0.25, 0.3) is 0 Å². The van der Waals surface area contributed by atoms with E-state index in [1.807, 2.05) is 12.2 Å². The van der Waals surface area contributed by atoms with Crippen molar-refractivity contribution in [3.05, 3.63) is 70.9 Å². The number of rotatable bonds is 1. The Balaban J connectivity index is 1.77. The fraction of sp³-hybridized carbons (Fsp3) is 0.300. The van der Waals surface area contributed by atoms with E-state index < -0.39 is 0 Å². The van der Waals surface area contributed by atoms with E-state index in [4.69, 9.17) is 0 Å². The molecule has 0 amide bonds.